The Balaban J connectivity index is 2.03. The van der Waals surface area contributed by atoms with E-state index in [1.807, 2.05) is 6.07 Å². The maximum absolute atomic E-state index is 13.1. The van der Waals surface area contributed by atoms with Gasteiger partial charge in [-0.2, -0.15) is 0 Å². The summed E-state index contributed by atoms with van der Waals surface area (Å²) in [5.74, 6) is 0.777. The first-order valence-corrected chi connectivity index (χ1v) is 5.98. The fourth-order valence-electron chi connectivity index (χ4n) is 2.01. The van der Waals surface area contributed by atoms with Crippen molar-refractivity contribution < 1.29 is 9.50 Å². The molecular weight excluding hydrogens is 259 g/mol. The van der Waals surface area contributed by atoms with E-state index in [0.29, 0.717) is 18.3 Å². The second kappa shape index (κ2) is 4.22. The first kappa shape index (κ1) is 11.1. The van der Waals surface area contributed by atoms with E-state index in [9.17, 15) is 9.50 Å². The van der Waals surface area contributed by atoms with E-state index >= 15 is 0 Å². The predicted molar refractivity (Wildman–Crippen MR) is 61.1 cm³/mol. The number of aliphatic hydroxyl groups is 1. The molecule has 0 spiro atoms. The van der Waals surface area contributed by atoms with Gasteiger partial charge in [0.15, 0.2) is 0 Å². The van der Waals surface area contributed by atoms with Gasteiger partial charge in [0.25, 0.3) is 0 Å². The van der Waals surface area contributed by atoms with Crippen LogP contribution >= 0.6 is 15.9 Å². The van der Waals surface area contributed by atoms with Crippen molar-refractivity contribution in [3.63, 3.8) is 0 Å². The lowest BCUT2D eigenvalue weighted by Gasteiger charge is -2.10. The maximum atomic E-state index is 13.1. The smallest absolute Gasteiger partial charge is 0.124 e. The van der Waals surface area contributed by atoms with Crippen LogP contribution in [0.5, 0.6) is 0 Å². The molecule has 0 aromatic heterocycles. The van der Waals surface area contributed by atoms with Gasteiger partial charge in [-0.1, -0.05) is 22.9 Å². The molecular formula is C12H14BrFO. The van der Waals surface area contributed by atoms with Crippen LogP contribution < -0.4 is 0 Å². The zero-order chi connectivity index (χ0) is 11.0. The van der Waals surface area contributed by atoms with Crippen LogP contribution in [-0.4, -0.2) is 11.2 Å². The SMILES string of the molecule is CC1CC1C(O)Cc1cc(F)cc(Br)c1. The van der Waals surface area contributed by atoms with Crippen molar-refractivity contribution in [2.75, 3.05) is 0 Å². The van der Waals surface area contributed by atoms with Crippen LogP contribution in [-0.2, 0) is 6.42 Å². The summed E-state index contributed by atoms with van der Waals surface area (Å²) in [6.07, 6.45) is 1.32. The van der Waals surface area contributed by atoms with E-state index in [0.717, 1.165) is 16.5 Å². The molecule has 3 unspecified atom stereocenters. The first-order chi connectivity index (χ1) is 7.06. The predicted octanol–water partition coefficient (Wildman–Crippen LogP) is 3.15. The molecule has 82 valence electrons. The lowest BCUT2D eigenvalue weighted by atomic mass is 10.0. The summed E-state index contributed by atoms with van der Waals surface area (Å²) in [7, 11) is 0. The summed E-state index contributed by atoms with van der Waals surface area (Å²) < 4.78 is 13.8. The quantitative estimate of drug-likeness (QED) is 0.897. The molecule has 1 fully saturated rings. The summed E-state index contributed by atoms with van der Waals surface area (Å²) in [5.41, 5.74) is 0.855. The molecule has 1 aliphatic rings. The highest BCUT2D eigenvalue weighted by Gasteiger charge is 2.38. The Kier molecular flexibility index (Phi) is 3.12. The molecule has 3 atom stereocenters. The minimum absolute atomic E-state index is 0.254. The van der Waals surface area contributed by atoms with Crippen molar-refractivity contribution in [3.8, 4) is 0 Å². The van der Waals surface area contributed by atoms with E-state index in [-0.39, 0.29) is 11.9 Å². The molecule has 3 heteroatoms. The topological polar surface area (TPSA) is 20.2 Å². The van der Waals surface area contributed by atoms with E-state index < -0.39 is 0 Å². The zero-order valence-electron chi connectivity index (χ0n) is 8.58. The Morgan fingerprint density at radius 1 is 1.53 bits per heavy atom. The Labute approximate surface area is 97.4 Å². The second-order valence-electron chi connectivity index (χ2n) is 4.43. The van der Waals surface area contributed by atoms with Crippen LogP contribution in [0.2, 0.25) is 0 Å². The van der Waals surface area contributed by atoms with Crippen molar-refractivity contribution in [1.29, 1.82) is 0 Å². The minimum atomic E-state index is -0.325. The molecule has 15 heavy (non-hydrogen) atoms. The van der Waals surface area contributed by atoms with Crippen molar-refractivity contribution in [1.82, 2.24) is 0 Å². The average molecular weight is 273 g/mol. The Morgan fingerprint density at radius 3 is 2.73 bits per heavy atom. The second-order valence-corrected chi connectivity index (χ2v) is 5.34. The monoisotopic (exact) mass is 272 g/mol. The largest absolute Gasteiger partial charge is 0.392 e. The Morgan fingerprint density at radius 2 is 2.20 bits per heavy atom. The van der Waals surface area contributed by atoms with E-state index in [4.69, 9.17) is 0 Å². The number of hydrogen-bond acceptors (Lipinski definition) is 1. The molecule has 1 nitrogen and oxygen atoms in total. The normalized spacial score (nSPS) is 26.4. The standard InChI is InChI=1S/C12H14BrFO/c1-7-2-11(7)12(15)5-8-3-9(13)6-10(14)4-8/h3-4,6-7,11-12,15H,2,5H2,1H3. The molecule has 0 aliphatic heterocycles. The van der Waals surface area contributed by atoms with Crippen LogP contribution in [0.25, 0.3) is 0 Å². The fourth-order valence-corrected chi connectivity index (χ4v) is 2.52. The van der Waals surface area contributed by atoms with Gasteiger partial charge in [0.2, 0.25) is 0 Å². The molecule has 1 aliphatic carbocycles. The highest BCUT2D eigenvalue weighted by molar-refractivity contribution is 9.10. The Bertz CT molecular complexity index is 346. The molecule has 1 N–H and O–H groups in total. The van der Waals surface area contributed by atoms with Gasteiger partial charge in [0.1, 0.15) is 5.82 Å². The lowest BCUT2D eigenvalue weighted by molar-refractivity contribution is 0.146. The van der Waals surface area contributed by atoms with Crippen LogP contribution in [0.3, 0.4) is 0 Å². The third-order valence-corrected chi connectivity index (χ3v) is 3.49. The average Bonchev–Trinajstić information content (AvgIpc) is 2.80. The molecule has 0 saturated heterocycles. The van der Waals surface area contributed by atoms with Gasteiger partial charge >= 0.3 is 0 Å². The molecule has 1 saturated carbocycles. The van der Waals surface area contributed by atoms with Gasteiger partial charge in [-0.3, -0.25) is 0 Å². The zero-order valence-corrected chi connectivity index (χ0v) is 10.2. The van der Waals surface area contributed by atoms with Crippen molar-refractivity contribution in [3.05, 3.63) is 34.1 Å². The van der Waals surface area contributed by atoms with Gasteiger partial charge in [-0.05, 0) is 48.4 Å². The van der Waals surface area contributed by atoms with Gasteiger partial charge in [-0.25, -0.2) is 4.39 Å². The maximum Gasteiger partial charge on any atom is 0.124 e. The lowest BCUT2D eigenvalue weighted by Crippen LogP contribution is -2.14. The summed E-state index contributed by atoms with van der Waals surface area (Å²) >= 11 is 3.25. The molecule has 2 rings (SSSR count). The third-order valence-electron chi connectivity index (χ3n) is 3.03. The number of aliphatic hydroxyl groups excluding tert-OH is 1. The van der Waals surface area contributed by atoms with Crippen LogP contribution in [0, 0.1) is 17.7 Å². The summed E-state index contributed by atoms with van der Waals surface area (Å²) in [4.78, 5) is 0. The van der Waals surface area contributed by atoms with Gasteiger partial charge in [0.05, 0.1) is 6.10 Å². The molecule has 0 amide bonds. The number of rotatable bonds is 3. The highest BCUT2D eigenvalue weighted by Crippen LogP contribution is 2.41. The van der Waals surface area contributed by atoms with Crippen LogP contribution in [0.4, 0.5) is 4.39 Å². The number of benzene rings is 1. The number of halogens is 2. The van der Waals surface area contributed by atoms with Crippen LogP contribution in [0.1, 0.15) is 18.9 Å². The Hall–Kier alpha value is -0.410. The van der Waals surface area contributed by atoms with E-state index in [1.165, 1.54) is 12.1 Å². The minimum Gasteiger partial charge on any atom is -0.392 e. The van der Waals surface area contributed by atoms with Gasteiger partial charge in [-0.15, -0.1) is 0 Å². The number of hydrogen-bond donors (Lipinski definition) is 1. The van der Waals surface area contributed by atoms with E-state index in [2.05, 4.69) is 22.9 Å². The molecule has 1 aromatic carbocycles. The third kappa shape index (κ3) is 2.79. The van der Waals surface area contributed by atoms with E-state index in [1.54, 1.807) is 0 Å². The van der Waals surface area contributed by atoms with Crippen molar-refractivity contribution >= 4 is 15.9 Å². The highest BCUT2D eigenvalue weighted by atomic mass is 79.9. The summed E-state index contributed by atoms with van der Waals surface area (Å²) in [5, 5.41) is 9.86. The first-order valence-electron chi connectivity index (χ1n) is 5.19. The molecule has 0 radical (unpaired) electrons. The molecule has 0 bridgehead atoms. The van der Waals surface area contributed by atoms with Crippen molar-refractivity contribution in [2.45, 2.75) is 25.9 Å². The van der Waals surface area contributed by atoms with Gasteiger partial charge < -0.3 is 5.11 Å². The fraction of sp³-hybridized carbons (Fsp3) is 0.500. The molecule has 0 heterocycles. The van der Waals surface area contributed by atoms with Gasteiger partial charge in [0, 0.05) is 4.47 Å². The van der Waals surface area contributed by atoms with Crippen LogP contribution in [0.15, 0.2) is 22.7 Å². The summed E-state index contributed by atoms with van der Waals surface area (Å²) in [6, 6.07) is 4.77. The summed E-state index contributed by atoms with van der Waals surface area (Å²) in [6.45, 7) is 2.13. The molecule has 1 aromatic rings. The van der Waals surface area contributed by atoms with Crippen molar-refractivity contribution in [2.24, 2.45) is 11.8 Å².